The van der Waals surface area contributed by atoms with Crippen LogP contribution in [0.15, 0.2) is 65.5 Å². The van der Waals surface area contributed by atoms with E-state index in [0.717, 1.165) is 16.6 Å². The van der Waals surface area contributed by atoms with Crippen molar-refractivity contribution in [3.05, 3.63) is 71.7 Å². The van der Waals surface area contributed by atoms with Gasteiger partial charge in [0.2, 0.25) is 0 Å². The molecule has 24 heavy (non-hydrogen) atoms. The fourth-order valence-corrected chi connectivity index (χ4v) is 2.13. The molecule has 0 saturated carbocycles. The Kier molecular flexibility index (Phi) is 4.54. The van der Waals surface area contributed by atoms with Gasteiger partial charge in [0.25, 0.3) is 0 Å². The van der Waals surface area contributed by atoms with Crippen molar-refractivity contribution in [2.75, 3.05) is 6.61 Å². The molecule has 3 aromatic rings. The number of nitriles is 1. The Morgan fingerprint density at radius 3 is 2.71 bits per heavy atom. The van der Waals surface area contributed by atoms with Gasteiger partial charge in [-0.1, -0.05) is 47.6 Å². The van der Waals surface area contributed by atoms with Crippen LogP contribution in [0.4, 0.5) is 0 Å². The molecule has 0 aliphatic rings. The molecule has 0 atom stereocenters. The first-order valence-corrected chi connectivity index (χ1v) is 7.25. The summed E-state index contributed by atoms with van der Waals surface area (Å²) in [6.07, 6.45) is 1.53. The molecule has 0 radical (unpaired) electrons. The number of allylic oxidation sites excluding steroid dienone is 1. The van der Waals surface area contributed by atoms with Crippen LogP contribution < -0.4 is 0 Å². The van der Waals surface area contributed by atoms with Crippen molar-refractivity contribution < 1.29 is 9.94 Å². The lowest BCUT2D eigenvalue weighted by molar-refractivity contribution is 0.139. The van der Waals surface area contributed by atoms with Crippen molar-refractivity contribution in [2.45, 2.75) is 0 Å². The van der Waals surface area contributed by atoms with Crippen LogP contribution in [0, 0.1) is 11.3 Å². The highest BCUT2D eigenvalue weighted by molar-refractivity contribution is 5.82. The number of oxime groups is 1. The Morgan fingerprint density at radius 2 is 1.96 bits per heavy atom. The zero-order valence-electron chi connectivity index (χ0n) is 12.7. The van der Waals surface area contributed by atoms with E-state index >= 15 is 0 Å². The number of aromatic nitrogens is 2. The second-order valence-electron chi connectivity index (χ2n) is 4.95. The molecule has 0 spiro atoms. The number of aliphatic hydroxyl groups excluding tert-OH is 1. The number of hydrogen-bond acceptors (Lipinski definition) is 5. The number of hydrogen-bond donors (Lipinski definition) is 2. The van der Waals surface area contributed by atoms with Gasteiger partial charge in [0.15, 0.2) is 18.2 Å². The summed E-state index contributed by atoms with van der Waals surface area (Å²) in [4.78, 5) is 12.3. The molecule has 2 aromatic carbocycles. The number of rotatable bonds is 5. The maximum Gasteiger partial charge on any atom is 0.175 e. The standard InChI is InChI=1S/C18H14N4O2/c19-10-14(18-21-15-8-4-5-9-16(15)22-18)17(23)12-24-20-11-13-6-2-1-3-7-13/h1-9,11,23H,12H2,(H,21,22)/b17-14+,20-11+. The first kappa shape index (κ1) is 15.3. The largest absolute Gasteiger partial charge is 0.507 e. The number of benzene rings is 2. The highest BCUT2D eigenvalue weighted by Crippen LogP contribution is 2.18. The maximum absolute atomic E-state index is 10.1. The minimum atomic E-state index is -0.234. The number of nitrogens with zero attached hydrogens (tertiary/aromatic N) is 3. The predicted molar refractivity (Wildman–Crippen MR) is 91.2 cm³/mol. The molecule has 0 aliphatic heterocycles. The summed E-state index contributed by atoms with van der Waals surface area (Å²) < 4.78 is 0. The van der Waals surface area contributed by atoms with Crippen LogP contribution in [0.2, 0.25) is 0 Å². The summed E-state index contributed by atoms with van der Waals surface area (Å²) >= 11 is 0. The van der Waals surface area contributed by atoms with Gasteiger partial charge in [-0.25, -0.2) is 4.98 Å². The van der Waals surface area contributed by atoms with Crippen LogP contribution in [-0.4, -0.2) is 27.9 Å². The van der Waals surface area contributed by atoms with E-state index in [9.17, 15) is 10.4 Å². The lowest BCUT2D eigenvalue weighted by Gasteiger charge is -2.01. The van der Waals surface area contributed by atoms with E-state index in [4.69, 9.17) is 4.84 Å². The second kappa shape index (κ2) is 7.11. The first-order chi connectivity index (χ1) is 11.8. The molecule has 0 aliphatic carbocycles. The first-order valence-electron chi connectivity index (χ1n) is 7.25. The van der Waals surface area contributed by atoms with E-state index in [-0.39, 0.29) is 17.9 Å². The van der Waals surface area contributed by atoms with Gasteiger partial charge in [-0.05, 0) is 17.7 Å². The molecule has 0 saturated heterocycles. The Hall–Kier alpha value is -3.59. The number of fused-ring (bicyclic) bond motifs is 1. The molecular formula is C18H14N4O2. The smallest absolute Gasteiger partial charge is 0.175 e. The van der Waals surface area contributed by atoms with Gasteiger partial charge in [-0.2, -0.15) is 5.26 Å². The molecule has 1 heterocycles. The number of aromatic amines is 1. The van der Waals surface area contributed by atoms with E-state index in [1.807, 2.05) is 60.7 Å². The van der Waals surface area contributed by atoms with Gasteiger partial charge in [-0.15, -0.1) is 0 Å². The van der Waals surface area contributed by atoms with E-state index in [1.165, 1.54) is 6.21 Å². The molecule has 0 bridgehead atoms. The zero-order chi connectivity index (χ0) is 16.8. The zero-order valence-corrected chi connectivity index (χ0v) is 12.7. The van der Waals surface area contributed by atoms with Crippen LogP contribution >= 0.6 is 0 Å². The minimum absolute atomic E-state index is 0.0288. The van der Waals surface area contributed by atoms with Gasteiger partial charge < -0.3 is 14.9 Å². The number of H-pyrrole nitrogens is 1. The van der Waals surface area contributed by atoms with E-state index in [1.54, 1.807) is 0 Å². The topological polar surface area (TPSA) is 94.3 Å². The van der Waals surface area contributed by atoms with Crippen molar-refractivity contribution in [1.29, 1.82) is 5.26 Å². The van der Waals surface area contributed by atoms with Crippen molar-refractivity contribution in [1.82, 2.24) is 9.97 Å². The Labute approximate surface area is 138 Å². The Bertz CT molecular complexity index is 903. The van der Waals surface area contributed by atoms with Crippen LogP contribution in [0.25, 0.3) is 16.6 Å². The summed E-state index contributed by atoms with van der Waals surface area (Å²) in [5.41, 5.74) is 2.41. The normalized spacial score (nSPS) is 12.1. The predicted octanol–water partition coefficient (Wildman–Crippen LogP) is 3.41. The summed E-state index contributed by atoms with van der Waals surface area (Å²) in [6.45, 7) is -0.219. The summed E-state index contributed by atoms with van der Waals surface area (Å²) in [6, 6.07) is 18.7. The SMILES string of the molecule is N#C/C(=C(\O)CO/N=C/c1ccccc1)c1nc2ccccc2[nH]1. The lowest BCUT2D eigenvalue weighted by atomic mass is 10.2. The minimum Gasteiger partial charge on any atom is -0.507 e. The van der Waals surface area contributed by atoms with Crippen LogP contribution in [0.1, 0.15) is 11.4 Å². The number of imidazole rings is 1. The Balaban J connectivity index is 1.73. The van der Waals surface area contributed by atoms with E-state index in [0.29, 0.717) is 5.82 Å². The third-order valence-electron chi connectivity index (χ3n) is 3.30. The second-order valence-corrected chi connectivity index (χ2v) is 4.95. The molecule has 6 heteroatoms. The third kappa shape index (κ3) is 3.42. The van der Waals surface area contributed by atoms with Gasteiger partial charge in [-0.3, -0.25) is 0 Å². The molecule has 0 unspecified atom stereocenters. The number of nitrogens with one attached hydrogen (secondary N) is 1. The van der Waals surface area contributed by atoms with Crippen LogP contribution in [0.3, 0.4) is 0 Å². The van der Waals surface area contributed by atoms with Crippen molar-refractivity contribution in [3.63, 3.8) is 0 Å². The molecule has 6 nitrogen and oxygen atoms in total. The maximum atomic E-state index is 10.1. The average molecular weight is 318 g/mol. The van der Waals surface area contributed by atoms with Crippen LogP contribution in [0.5, 0.6) is 0 Å². The fraction of sp³-hybridized carbons (Fsp3) is 0.0556. The van der Waals surface area contributed by atoms with E-state index in [2.05, 4.69) is 15.1 Å². The average Bonchev–Trinajstić information content (AvgIpc) is 3.04. The fourth-order valence-electron chi connectivity index (χ4n) is 2.13. The molecule has 118 valence electrons. The quantitative estimate of drug-likeness (QED) is 0.326. The van der Waals surface area contributed by atoms with Gasteiger partial charge in [0, 0.05) is 0 Å². The lowest BCUT2D eigenvalue weighted by Crippen LogP contribution is -1.99. The van der Waals surface area contributed by atoms with Crippen molar-refractivity contribution in [2.24, 2.45) is 5.16 Å². The monoisotopic (exact) mass is 318 g/mol. The number of para-hydroxylation sites is 2. The molecule has 1 aromatic heterocycles. The third-order valence-corrected chi connectivity index (χ3v) is 3.30. The molecule has 2 N–H and O–H groups in total. The molecule has 0 fully saturated rings. The Morgan fingerprint density at radius 1 is 1.21 bits per heavy atom. The van der Waals surface area contributed by atoms with Gasteiger partial charge in [0.05, 0.1) is 17.2 Å². The highest BCUT2D eigenvalue weighted by atomic mass is 16.6. The summed E-state index contributed by atoms with van der Waals surface area (Å²) in [7, 11) is 0. The summed E-state index contributed by atoms with van der Waals surface area (Å²) in [5.74, 6) is 0.0635. The molecular weight excluding hydrogens is 304 g/mol. The van der Waals surface area contributed by atoms with Gasteiger partial charge in [0.1, 0.15) is 11.6 Å². The number of aliphatic hydroxyl groups is 1. The summed E-state index contributed by atoms with van der Waals surface area (Å²) in [5, 5.41) is 23.1. The van der Waals surface area contributed by atoms with Crippen LogP contribution in [-0.2, 0) is 4.84 Å². The van der Waals surface area contributed by atoms with Crippen molar-refractivity contribution >= 4 is 22.8 Å². The highest BCUT2D eigenvalue weighted by Gasteiger charge is 2.13. The van der Waals surface area contributed by atoms with E-state index < -0.39 is 0 Å². The molecule has 0 amide bonds. The molecule has 3 rings (SSSR count). The van der Waals surface area contributed by atoms with Gasteiger partial charge >= 0.3 is 0 Å². The van der Waals surface area contributed by atoms with Crippen molar-refractivity contribution in [3.8, 4) is 6.07 Å².